The summed E-state index contributed by atoms with van der Waals surface area (Å²) in [5.41, 5.74) is 2.89. The van der Waals surface area contributed by atoms with Gasteiger partial charge in [0.1, 0.15) is 5.75 Å². The highest BCUT2D eigenvalue weighted by Gasteiger charge is 2.30. The monoisotopic (exact) mass is 356 g/mol. The van der Waals surface area contributed by atoms with Crippen molar-refractivity contribution < 1.29 is 13.2 Å². The number of para-hydroxylation sites is 1. The Kier molecular flexibility index (Phi) is 3.81. The zero-order valence-corrected chi connectivity index (χ0v) is 15.1. The Balaban J connectivity index is 1.71. The molecule has 1 aromatic heterocycles. The number of hydrogen-bond acceptors (Lipinski definition) is 3. The number of hydrogen-bond donors (Lipinski definition) is 0. The third-order valence-corrected chi connectivity index (χ3v) is 6.81. The maximum absolute atomic E-state index is 13.1. The standard InChI is InChI=1S/C19H20N2O3S/c1-14-11-17(24-2)7-8-19(14)25(22,23)20-9-10-21-16(13-20)12-15-5-3-4-6-18(15)21/h3-8,11-12H,9-10,13H2,1-2H3. The fourth-order valence-corrected chi connectivity index (χ4v) is 5.12. The van der Waals surface area contributed by atoms with E-state index < -0.39 is 10.0 Å². The van der Waals surface area contributed by atoms with Crippen molar-refractivity contribution in [2.24, 2.45) is 0 Å². The van der Waals surface area contributed by atoms with Gasteiger partial charge in [-0.25, -0.2) is 8.42 Å². The molecule has 6 heteroatoms. The quantitative estimate of drug-likeness (QED) is 0.724. The predicted octanol–water partition coefficient (Wildman–Crippen LogP) is 3.16. The zero-order chi connectivity index (χ0) is 17.6. The van der Waals surface area contributed by atoms with E-state index in [1.807, 2.05) is 12.1 Å². The summed E-state index contributed by atoms with van der Waals surface area (Å²) in [6.45, 7) is 3.33. The van der Waals surface area contributed by atoms with Crippen molar-refractivity contribution >= 4 is 20.9 Å². The van der Waals surface area contributed by atoms with Crippen LogP contribution in [0.2, 0.25) is 0 Å². The first-order valence-corrected chi connectivity index (χ1v) is 9.66. The lowest BCUT2D eigenvalue weighted by atomic mass is 10.2. The molecular formula is C19H20N2O3S. The van der Waals surface area contributed by atoms with Gasteiger partial charge in [-0.1, -0.05) is 18.2 Å². The van der Waals surface area contributed by atoms with Gasteiger partial charge < -0.3 is 9.30 Å². The molecule has 0 unspecified atom stereocenters. The fourth-order valence-electron chi connectivity index (χ4n) is 3.52. The topological polar surface area (TPSA) is 51.5 Å². The predicted molar refractivity (Wildman–Crippen MR) is 97.3 cm³/mol. The zero-order valence-electron chi connectivity index (χ0n) is 14.3. The smallest absolute Gasteiger partial charge is 0.243 e. The normalized spacial score (nSPS) is 15.3. The molecule has 0 N–H and O–H groups in total. The third kappa shape index (κ3) is 2.62. The van der Waals surface area contributed by atoms with Crippen LogP contribution in [0.3, 0.4) is 0 Å². The first-order chi connectivity index (χ1) is 12.0. The van der Waals surface area contributed by atoms with Crippen LogP contribution in [-0.2, 0) is 23.1 Å². The number of fused-ring (bicyclic) bond motifs is 3. The molecule has 130 valence electrons. The number of methoxy groups -OCH3 is 1. The summed E-state index contributed by atoms with van der Waals surface area (Å²) >= 11 is 0. The molecule has 3 aromatic rings. The molecule has 1 aliphatic rings. The van der Waals surface area contributed by atoms with E-state index in [1.165, 1.54) is 0 Å². The molecule has 4 rings (SSSR count). The van der Waals surface area contributed by atoms with Crippen molar-refractivity contribution in [2.75, 3.05) is 13.7 Å². The van der Waals surface area contributed by atoms with Gasteiger partial charge in [-0.3, -0.25) is 0 Å². The molecular weight excluding hydrogens is 336 g/mol. The molecule has 0 amide bonds. The largest absolute Gasteiger partial charge is 0.497 e. The molecule has 0 saturated carbocycles. The summed E-state index contributed by atoms with van der Waals surface area (Å²) in [6.07, 6.45) is 0. The van der Waals surface area contributed by atoms with Crippen molar-refractivity contribution in [3.05, 3.63) is 59.8 Å². The lowest BCUT2D eigenvalue weighted by Gasteiger charge is -2.28. The molecule has 0 spiro atoms. The minimum absolute atomic E-state index is 0.345. The van der Waals surface area contributed by atoms with Crippen LogP contribution in [0, 0.1) is 6.92 Å². The van der Waals surface area contributed by atoms with E-state index in [0.717, 1.165) is 16.6 Å². The van der Waals surface area contributed by atoms with Crippen LogP contribution in [0.25, 0.3) is 10.9 Å². The Morgan fingerprint density at radius 1 is 1.04 bits per heavy atom. The van der Waals surface area contributed by atoms with Gasteiger partial charge in [0.25, 0.3) is 0 Å². The highest BCUT2D eigenvalue weighted by atomic mass is 32.2. The first-order valence-electron chi connectivity index (χ1n) is 8.22. The van der Waals surface area contributed by atoms with E-state index in [9.17, 15) is 8.42 Å². The highest BCUT2D eigenvalue weighted by molar-refractivity contribution is 7.89. The van der Waals surface area contributed by atoms with Crippen molar-refractivity contribution in [1.82, 2.24) is 8.87 Å². The summed E-state index contributed by atoms with van der Waals surface area (Å²) < 4.78 is 35.2. The van der Waals surface area contributed by atoms with E-state index in [-0.39, 0.29) is 0 Å². The molecule has 0 saturated heterocycles. The highest BCUT2D eigenvalue weighted by Crippen LogP contribution is 2.29. The molecule has 5 nitrogen and oxygen atoms in total. The van der Waals surface area contributed by atoms with Gasteiger partial charge in [0.15, 0.2) is 0 Å². The number of aromatic nitrogens is 1. The Labute approximate surface area is 147 Å². The molecule has 1 aliphatic heterocycles. The Morgan fingerprint density at radius 3 is 2.60 bits per heavy atom. The van der Waals surface area contributed by atoms with Crippen molar-refractivity contribution in [1.29, 1.82) is 0 Å². The number of nitrogens with zero attached hydrogens (tertiary/aromatic N) is 2. The van der Waals surface area contributed by atoms with Crippen LogP contribution in [0.1, 0.15) is 11.3 Å². The number of benzene rings is 2. The average Bonchev–Trinajstić information content (AvgIpc) is 2.99. The van der Waals surface area contributed by atoms with Crippen LogP contribution in [-0.4, -0.2) is 30.9 Å². The van der Waals surface area contributed by atoms with Gasteiger partial charge in [-0.15, -0.1) is 0 Å². The second-order valence-corrected chi connectivity index (χ2v) is 8.22. The third-order valence-electron chi connectivity index (χ3n) is 4.81. The second-order valence-electron chi connectivity index (χ2n) is 6.32. The van der Waals surface area contributed by atoms with Gasteiger partial charge in [0.05, 0.1) is 18.6 Å². The van der Waals surface area contributed by atoms with Crippen LogP contribution in [0.4, 0.5) is 0 Å². The van der Waals surface area contributed by atoms with E-state index in [2.05, 4.69) is 22.8 Å². The van der Waals surface area contributed by atoms with Gasteiger partial charge in [-0.2, -0.15) is 4.31 Å². The molecule has 25 heavy (non-hydrogen) atoms. The summed E-state index contributed by atoms with van der Waals surface area (Å²) in [7, 11) is -1.96. The number of rotatable bonds is 3. The maximum atomic E-state index is 13.1. The van der Waals surface area contributed by atoms with Crippen molar-refractivity contribution in [3.8, 4) is 5.75 Å². The van der Waals surface area contributed by atoms with Gasteiger partial charge >= 0.3 is 0 Å². The molecule has 0 bridgehead atoms. The minimum atomic E-state index is -3.53. The summed E-state index contributed by atoms with van der Waals surface area (Å²) in [5.74, 6) is 0.662. The fraction of sp³-hybridized carbons (Fsp3) is 0.263. The van der Waals surface area contributed by atoms with Crippen LogP contribution >= 0.6 is 0 Å². The lowest BCUT2D eigenvalue weighted by Crippen LogP contribution is -2.38. The van der Waals surface area contributed by atoms with E-state index in [1.54, 1.807) is 36.5 Å². The molecule has 0 fully saturated rings. The summed E-state index contributed by atoms with van der Waals surface area (Å²) in [5, 5.41) is 1.15. The average molecular weight is 356 g/mol. The lowest BCUT2D eigenvalue weighted by molar-refractivity contribution is 0.345. The SMILES string of the molecule is COc1ccc(S(=O)(=O)N2CCn3c(cc4ccccc43)C2)c(C)c1. The summed E-state index contributed by atoms with van der Waals surface area (Å²) in [4.78, 5) is 0.345. The number of sulfonamides is 1. The molecule has 0 radical (unpaired) electrons. The Morgan fingerprint density at radius 2 is 1.84 bits per heavy atom. The second kappa shape index (κ2) is 5.89. The van der Waals surface area contributed by atoms with E-state index in [4.69, 9.17) is 4.74 Å². The number of ether oxygens (including phenoxy) is 1. The van der Waals surface area contributed by atoms with E-state index >= 15 is 0 Å². The first kappa shape index (κ1) is 16.2. The molecule has 0 aliphatic carbocycles. The molecule has 2 heterocycles. The van der Waals surface area contributed by atoms with E-state index in [0.29, 0.717) is 35.8 Å². The van der Waals surface area contributed by atoms with Crippen LogP contribution < -0.4 is 4.74 Å². The van der Waals surface area contributed by atoms with Crippen molar-refractivity contribution in [2.45, 2.75) is 24.9 Å². The van der Waals surface area contributed by atoms with Crippen LogP contribution in [0.5, 0.6) is 5.75 Å². The molecule has 2 aromatic carbocycles. The van der Waals surface area contributed by atoms with Gasteiger partial charge in [-0.05, 0) is 48.2 Å². The van der Waals surface area contributed by atoms with Crippen molar-refractivity contribution in [3.63, 3.8) is 0 Å². The number of aryl methyl sites for hydroxylation is 1. The van der Waals surface area contributed by atoms with Gasteiger partial charge in [0.2, 0.25) is 10.0 Å². The van der Waals surface area contributed by atoms with Gasteiger partial charge in [0, 0.05) is 24.3 Å². The summed E-state index contributed by atoms with van der Waals surface area (Å²) in [6, 6.07) is 15.3. The Bertz CT molecular complexity index is 1050. The minimum Gasteiger partial charge on any atom is -0.497 e. The Hall–Kier alpha value is -2.31. The molecule has 0 atom stereocenters. The van der Waals surface area contributed by atoms with Crippen LogP contribution in [0.15, 0.2) is 53.4 Å². The maximum Gasteiger partial charge on any atom is 0.243 e.